The van der Waals surface area contributed by atoms with Crippen LogP contribution in [-0.4, -0.2) is 76.7 Å². The van der Waals surface area contributed by atoms with Crippen molar-refractivity contribution in [2.24, 2.45) is 11.1 Å². The minimum atomic E-state index is -1.14. The van der Waals surface area contributed by atoms with Gasteiger partial charge in [-0.3, -0.25) is 29.4 Å². The van der Waals surface area contributed by atoms with Gasteiger partial charge in [-0.1, -0.05) is 25.1 Å². The predicted octanol–water partition coefficient (Wildman–Crippen LogP) is 1.52. The summed E-state index contributed by atoms with van der Waals surface area (Å²) in [4.78, 5) is 65.5. The molecular weight excluding hydrogens is 588 g/mol. The largest absolute Gasteiger partial charge is 0.494 e. The van der Waals surface area contributed by atoms with Gasteiger partial charge in [-0.15, -0.1) is 11.3 Å². The summed E-state index contributed by atoms with van der Waals surface area (Å²) in [7, 11) is 0. The summed E-state index contributed by atoms with van der Waals surface area (Å²) in [6, 6.07) is 8.43. The third-order valence-corrected chi connectivity index (χ3v) is 9.11. The van der Waals surface area contributed by atoms with E-state index >= 15 is 0 Å². The van der Waals surface area contributed by atoms with Crippen LogP contribution in [0.4, 0.5) is 0 Å². The van der Waals surface area contributed by atoms with Gasteiger partial charge in [0.1, 0.15) is 23.7 Å². The number of nitrogen functional groups attached to an aromatic ring is 1. The lowest BCUT2D eigenvalue weighted by Gasteiger charge is -2.28. The van der Waals surface area contributed by atoms with Crippen LogP contribution in [0.25, 0.3) is 0 Å². The normalized spacial score (nSPS) is 21.4. The molecule has 0 spiro atoms. The molecule has 2 fully saturated rings. The minimum absolute atomic E-state index is 0.0561. The predicted molar refractivity (Wildman–Crippen MR) is 162 cm³/mol. The lowest BCUT2D eigenvalue weighted by Crippen LogP contribution is -2.53. The molecule has 236 valence electrons. The first kappa shape index (κ1) is 32.5. The van der Waals surface area contributed by atoms with Gasteiger partial charge < -0.3 is 36.4 Å². The Morgan fingerprint density at radius 1 is 1.16 bits per heavy atom. The Labute approximate surface area is 259 Å². The average molecular weight is 627 g/mol. The maximum Gasteiger partial charge on any atom is 0.303 e. The second-order valence-corrected chi connectivity index (χ2v) is 12.4. The van der Waals surface area contributed by atoms with Gasteiger partial charge in [0.2, 0.25) is 23.6 Å². The fraction of sp³-hybridized carbons (Fsp3) is 0.467. The minimum Gasteiger partial charge on any atom is -0.494 e. The average Bonchev–Trinajstić information content (AvgIpc) is 3.30. The summed E-state index contributed by atoms with van der Waals surface area (Å²) in [6.45, 7) is 3.56. The summed E-state index contributed by atoms with van der Waals surface area (Å²) in [5.74, 6) is -2.56. The number of carbonyl (C=O) groups excluding carboxylic acids is 4. The number of carbonyl (C=O) groups is 5. The van der Waals surface area contributed by atoms with Crippen molar-refractivity contribution in [3.63, 3.8) is 0 Å². The molecular formula is C30H38N6O7S. The molecule has 0 radical (unpaired) electrons. The molecule has 14 heteroatoms. The number of piperidine rings is 1. The Morgan fingerprint density at radius 2 is 1.89 bits per heavy atom. The van der Waals surface area contributed by atoms with Crippen molar-refractivity contribution >= 4 is 46.8 Å². The van der Waals surface area contributed by atoms with Gasteiger partial charge in [-0.25, -0.2) is 0 Å². The standard InChI is InChI=1S/C30H38N6O7S/c1-17(22-12-18(16-44-22)27(31)32)34-29(42)21-13-30(2)14-23(30)36(21)25(38)15-33-28(41)20(35-24(37)8-9-26(39)40)10-11-43-19-6-4-3-5-7-19/h3-7,12,16-17,20-21,23H,8-11,13-15H2,1-2H3,(H3,31,32)(H,33,41)(H,34,42)(H,35,37)(H,39,40)/t17?,20?,21-,23-,30+/m0/s1. The molecule has 2 aliphatic rings. The second kappa shape index (κ2) is 13.9. The van der Waals surface area contributed by atoms with Gasteiger partial charge in [0.05, 0.1) is 25.6 Å². The third-order valence-electron chi connectivity index (χ3n) is 7.99. The number of carboxylic acid groups (broad SMARTS) is 1. The molecule has 1 aliphatic heterocycles. The van der Waals surface area contributed by atoms with Crippen LogP contribution >= 0.6 is 11.3 Å². The fourth-order valence-corrected chi connectivity index (χ4v) is 6.32. The topological polar surface area (TPSA) is 204 Å². The maximum absolute atomic E-state index is 13.4. The number of aliphatic carboxylic acids is 1. The highest BCUT2D eigenvalue weighted by molar-refractivity contribution is 7.10. The zero-order valence-electron chi connectivity index (χ0n) is 24.6. The quantitative estimate of drug-likeness (QED) is 0.126. The van der Waals surface area contributed by atoms with Crippen LogP contribution in [0.2, 0.25) is 0 Å². The monoisotopic (exact) mass is 626 g/mol. The molecule has 4 rings (SSSR count). The molecule has 44 heavy (non-hydrogen) atoms. The van der Waals surface area contributed by atoms with E-state index in [-0.39, 0.29) is 61.7 Å². The van der Waals surface area contributed by atoms with Crippen LogP contribution in [0.5, 0.6) is 5.75 Å². The van der Waals surface area contributed by atoms with Gasteiger partial charge in [-0.05, 0) is 43.4 Å². The number of nitrogens with one attached hydrogen (secondary N) is 4. The zero-order chi connectivity index (χ0) is 32.0. The van der Waals surface area contributed by atoms with E-state index in [1.165, 1.54) is 11.3 Å². The van der Waals surface area contributed by atoms with E-state index in [1.807, 2.05) is 19.9 Å². The number of para-hydroxylation sites is 1. The van der Waals surface area contributed by atoms with E-state index in [1.54, 1.807) is 40.6 Å². The van der Waals surface area contributed by atoms with Crippen molar-refractivity contribution in [2.75, 3.05) is 13.2 Å². The number of nitrogens with zero attached hydrogens (tertiary/aromatic N) is 1. The van der Waals surface area contributed by atoms with Crippen LogP contribution in [0, 0.1) is 10.8 Å². The Morgan fingerprint density at radius 3 is 2.55 bits per heavy atom. The first-order chi connectivity index (χ1) is 20.9. The van der Waals surface area contributed by atoms with E-state index in [4.69, 9.17) is 21.0 Å². The number of hydrogen-bond donors (Lipinski definition) is 6. The lowest BCUT2D eigenvalue weighted by molar-refractivity contribution is -0.140. The van der Waals surface area contributed by atoms with Crippen molar-refractivity contribution in [3.8, 4) is 5.75 Å². The van der Waals surface area contributed by atoms with E-state index < -0.39 is 35.8 Å². The molecule has 1 saturated heterocycles. The number of likely N-dealkylation sites (tertiary alicyclic amines) is 1. The molecule has 1 saturated carbocycles. The first-order valence-corrected chi connectivity index (χ1v) is 15.3. The Bertz CT molecular complexity index is 1420. The Hall–Kier alpha value is -4.46. The van der Waals surface area contributed by atoms with Crippen molar-refractivity contribution in [3.05, 3.63) is 52.2 Å². The number of carboxylic acids is 1. The van der Waals surface area contributed by atoms with E-state index in [2.05, 4.69) is 16.0 Å². The highest BCUT2D eigenvalue weighted by atomic mass is 32.1. The molecule has 1 aromatic carbocycles. The number of amides is 4. The summed E-state index contributed by atoms with van der Waals surface area (Å²) in [5.41, 5.74) is 5.96. The lowest BCUT2D eigenvalue weighted by atomic mass is 10.0. The Balaban J connectivity index is 1.36. The van der Waals surface area contributed by atoms with Crippen LogP contribution < -0.4 is 26.4 Å². The number of thiophene rings is 1. The summed E-state index contributed by atoms with van der Waals surface area (Å²) >= 11 is 1.38. The molecule has 13 nitrogen and oxygen atoms in total. The number of rotatable bonds is 15. The highest BCUT2D eigenvalue weighted by Crippen LogP contribution is 2.59. The summed E-state index contributed by atoms with van der Waals surface area (Å²) < 4.78 is 5.66. The SMILES string of the molecule is CC(NC(=O)[C@@H]1C[C@]2(C)C[C@@H]2N1C(=O)CNC(=O)C(CCOc1ccccc1)NC(=O)CCC(=O)O)c1cc(C(=N)N)cs1. The van der Waals surface area contributed by atoms with E-state index in [0.717, 1.165) is 11.3 Å². The van der Waals surface area contributed by atoms with E-state index in [9.17, 15) is 24.0 Å². The maximum atomic E-state index is 13.4. The van der Waals surface area contributed by atoms with E-state index in [0.29, 0.717) is 17.7 Å². The molecule has 2 heterocycles. The molecule has 7 N–H and O–H groups in total. The number of benzene rings is 1. The molecule has 1 aliphatic carbocycles. The zero-order valence-corrected chi connectivity index (χ0v) is 25.4. The first-order valence-electron chi connectivity index (χ1n) is 14.4. The molecule has 2 aromatic rings. The van der Waals surface area contributed by atoms with Crippen molar-refractivity contribution in [1.82, 2.24) is 20.9 Å². The highest BCUT2D eigenvalue weighted by Gasteiger charge is 2.64. The third kappa shape index (κ3) is 8.13. The number of hydrogen-bond acceptors (Lipinski definition) is 8. The van der Waals surface area contributed by atoms with Gasteiger partial charge in [-0.2, -0.15) is 0 Å². The second-order valence-electron chi connectivity index (χ2n) is 11.5. The molecule has 4 amide bonds. The van der Waals surface area contributed by atoms with Crippen molar-refractivity contribution < 1.29 is 33.8 Å². The van der Waals surface area contributed by atoms with Crippen LogP contribution in [-0.2, 0) is 24.0 Å². The Kier molecular flexibility index (Phi) is 10.2. The molecule has 0 bridgehead atoms. The van der Waals surface area contributed by atoms with Crippen molar-refractivity contribution in [1.29, 1.82) is 5.41 Å². The number of nitrogens with two attached hydrogens (primary N) is 1. The van der Waals surface area contributed by atoms with Gasteiger partial charge in [0.25, 0.3) is 0 Å². The van der Waals surface area contributed by atoms with Crippen LogP contribution in [0.15, 0.2) is 41.8 Å². The summed E-state index contributed by atoms with van der Waals surface area (Å²) in [6.07, 6.45) is 0.647. The van der Waals surface area contributed by atoms with Crippen molar-refractivity contribution in [2.45, 2.75) is 70.1 Å². The molecule has 5 atom stereocenters. The fourth-order valence-electron chi connectivity index (χ4n) is 5.41. The number of amidine groups is 1. The van der Waals surface area contributed by atoms with Crippen LogP contribution in [0.3, 0.4) is 0 Å². The molecule has 1 aromatic heterocycles. The smallest absolute Gasteiger partial charge is 0.303 e. The van der Waals surface area contributed by atoms with Crippen LogP contribution in [0.1, 0.15) is 62.4 Å². The van der Waals surface area contributed by atoms with Gasteiger partial charge in [0, 0.05) is 34.7 Å². The molecule has 2 unspecified atom stereocenters. The number of ether oxygens (including phenoxy) is 1. The van der Waals surface area contributed by atoms with Gasteiger partial charge >= 0.3 is 5.97 Å². The number of fused-ring (bicyclic) bond motifs is 1. The van der Waals surface area contributed by atoms with Gasteiger partial charge in [0.15, 0.2) is 0 Å². The summed E-state index contributed by atoms with van der Waals surface area (Å²) in [5, 5.41) is 26.3.